The second kappa shape index (κ2) is 5.51. The quantitative estimate of drug-likeness (QED) is 0.901. The van der Waals surface area contributed by atoms with Gasteiger partial charge < -0.3 is 15.1 Å². The molecule has 0 aliphatic carbocycles. The van der Waals surface area contributed by atoms with Crippen molar-refractivity contribution < 1.29 is 28.2 Å². The molecule has 0 bridgehead atoms. The third kappa shape index (κ3) is 3.56. The molecule has 0 atom stereocenters. The molecule has 0 radical (unpaired) electrons. The van der Waals surface area contributed by atoms with Crippen LogP contribution >= 0.6 is 0 Å². The molecule has 21 heavy (non-hydrogen) atoms. The minimum absolute atomic E-state index is 0.000838. The Balaban J connectivity index is 2.05. The van der Waals surface area contributed by atoms with Crippen molar-refractivity contribution in [1.29, 1.82) is 0 Å². The van der Waals surface area contributed by atoms with Crippen LogP contribution in [0.5, 0.6) is 0 Å². The number of carbonyl (C=O) groups is 1. The summed E-state index contributed by atoms with van der Waals surface area (Å²) in [6, 6.07) is 4.68. The van der Waals surface area contributed by atoms with Gasteiger partial charge in [-0.3, -0.25) is 0 Å². The van der Waals surface area contributed by atoms with E-state index in [9.17, 15) is 23.1 Å². The number of halogens is 3. The Kier molecular flexibility index (Phi) is 3.93. The molecular weight excluding hydrogens is 287 g/mol. The van der Waals surface area contributed by atoms with Gasteiger partial charge in [0, 0.05) is 12.7 Å². The summed E-state index contributed by atoms with van der Waals surface area (Å²) >= 11 is 0. The van der Waals surface area contributed by atoms with Gasteiger partial charge in [0.15, 0.2) is 0 Å². The van der Waals surface area contributed by atoms with Crippen LogP contribution in [-0.4, -0.2) is 27.6 Å². The van der Waals surface area contributed by atoms with Gasteiger partial charge in [-0.25, -0.2) is 4.79 Å². The van der Waals surface area contributed by atoms with Crippen molar-refractivity contribution >= 4 is 5.97 Å². The molecule has 0 unspecified atom stereocenters. The lowest BCUT2D eigenvalue weighted by molar-refractivity contribution is -0.137. The number of aliphatic hydroxyl groups is 1. The average Bonchev–Trinajstić information content (AvgIpc) is 2.38. The summed E-state index contributed by atoms with van der Waals surface area (Å²) in [5, 5.41) is 18.4. The van der Waals surface area contributed by atoms with E-state index >= 15 is 0 Å². The molecule has 0 aromatic heterocycles. The lowest BCUT2D eigenvalue weighted by Gasteiger charge is -2.24. The Morgan fingerprint density at radius 1 is 1.24 bits per heavy atom. The number of aliphatic carboxylic acids is 1. The van der Waals surface area contributed by atoms with E-state index in [0.717, 1.165) is 12.1 Å². The Labute approximate surface area is 118 Å². The number of alkyl halides is 3. The number of hydrogen-bond acceptors (Lipinski definition) is 3. The van der Waals surface area contributed by atoms with Gasteiger partial charge in [-0.2, -0.15) is 13.2 Å². The zero-order chi connectivity index (χ0) is 15.6. The minimum atomic E-state index is -4.37. The van der Waals surface area contributed by atoms with Crippen LogP contribution < -0.4 is 0 Å². The number of aliphatic hydroxyl groups excluding tert-OH is 1. The lowest BCUT2D eigenvalue weighted by Crippen LogP contribution is -2.25. The van der Waals surface area contributed by atoms with Crippen molar-refractivity contribution in [3.05, 3.63) is 59.0 Å². The molecule has 1 aliphatic rings. The van der Waals surface area contributed by atoms with Crippen molar-refractivity contribution in [3.8, 4) is 0 Å². The first-order valence-electron chi connectivity index (χ1n) is 6.01. The summed E-state index contributed by atoms with van der Waals surface area (Å²) in [5.74, 6) is -1.50. The summed E-state index contributed by atoms with van der Waals surface area (Å²) in [6.45, 7) is 0.269. The summed E-state index contributed by atoms with van der Waals surface area (Å²) in [5.41, 5.74) is -0.283. The first kappa shape index (κ1) is 15.0. The van der Waals surface area contributed by atoms with Crippen LogP contribution in [-0.2, 0) is 17.5 Å². The summed E-state index contributed by atoms with van der Waals surface area (Å²) in [6.07, 6.45) is -1.63. The van der Waals surface area contributed by atoms with Crippen molar-refractivity contribution in [2.75, 3.05) is 6.54 Å². The Morgan fingerprint density at radius 3 is 2.33 bits per heavy atom. The minimum Gasteiger partial charge on any atom is -0.510 e. The summed E-state index contributed by atoms with van der Waals surface area (Å²) < 4.78 is 37.3. The van der Waals surface area contributed by atoms with Crippen molar-refractivity contribution in [1.82, 2.24) is 4.90 Å². The third-order valence-corrected chi connectivity index (χ3v) is 3.01. The van der Waals surface area contributed by atoms with E-state index in [-0.39, 0.29) is 24.4 Å². The first-order chi connectivity index (χ1) is 9.77. The Bertz CT molecular complexity index is 603. The van der Waals surface area contributed by atoms with Crippen LogP contribution in [0.2, 0.25) is 0 Å². The molecule has 0 saturated carbocycles. The fourth-order valence-corrected chi connectivity index (χ4v) is 1.94. The molecule has 1 aromatic carbocycles. The highest BCUT2D eigenvalue weighted by molar-refractivity contribution is 5.90. The second-order valence-electron chi connectivity index (χ2n) is 4.58. The molecule has 0 spiro atoms. The van der Waals surface area contributed by atoms with Crippen molar-refractivity contribution in [3.63, 3.8) is 0 Å². The maximum absolute atomic E-state index is 12.4. The topological polar surface area (TPSA) is 60.8 Å². The summed E-state index contributed by atoms with van der Waals surface area (Å²) in [7, 11) is 0. The fourth-order valence-electron chi connectivity index (χ4n) is 1.94. The second-order valence-corrected chi connectivity index (χ2v) is 4.58. The molecule has 1 aliphatic heterocycles. The number of benzene rings is 1. The SMILES string of the molecule is O=C(O)C1=C(O)CN(Cc2ccc(C(F)(F)F)cc2)C=C1. The smallest absolute Gasteiger partial charge is 0.416 e. The van der Waals surface area contributed by atoms with E-state index in [1.165, 1.54) is 24.4 Å². The molecule has 2 N–H and O–H groups in total. The van der Waals surface area contributed by atoms with Gasteiger partial charge in [0.25, 0.3) is 0 Å². The molecule has 7 heteroatoms. The van der Waals surface area contributed by atoms with E-state index in [4.69, 9.17) is 5.11 Å². The Morgan fingerprint density at radius 2 is 1.86 bits per heavy atom. The average molecular weight is 299 g/mol. The molecule has 0 amide bonds. The van der Waals surface area contributed by atoms with Gasteiger partial charge in [0.05, 0.1) is 12.1 Å². The molecule has 4 nitrogen and oxygen atoms in total. The van der Waals surface area contributed by atoms with Crippen LogP contribution in [0.3, 0.4) is 0 Å². The number of rotatable bonds is 3. The number of carboxylic acids is 1. The summed E-state index contributed by atoms with van der Waals surface area (Å²) in [4.78, 5) is 12.4. The highest BCUT2D eigenvalue weighted by atomic mass is 19.4. The van der Waals surface area contributed by atoms with Crippen molar-refractivity contribution in [2.24, 2.45) is 0 Å². The molecule has 112 valence electrons. The first-order valence-corrected chi connectivity index (χ1v) is 6.01. The zero-order valence-electron chi connectivity index (χ0n) is 10.8. The van der Waals surface area contributed by atoms with Crippen LogP contribution in [0, 0.1) is 0 Å². The van der Waals surface area contributed by atoms with Crippen LogP contribution in [0.1, 0.15) is 11.1 Å². The van der Waals surface area contributed by atoms with E-state index < -0.39 is 17.7 Å². The number of hydrogen-bond donors (Lipinski definition) is 2. The Hall–Kier alpha value is -2.44. The molecular formula is C14H12F3NO3. The van der Waals surface area contributed by atoms with E-state index in [0.29, 0.717) is 5.56 Å². The largest absolute Gasteiger partial charge is 0.510 e. The predicted molar refractivity (Wildman–Crippen MR) is 68.3 cm³/mol. The van der Waals surface area contributed by atoms with E-state index in [1.807, 2.05) is 0 Å². The molecule has 0 fully saturated rings. The van der Waals surface area contributed by atoms with Gasteiger partial charge in [0.1, 0.15) is 11.3 Å². The van der Waals surface area contributed by atoms with Crippen LogP contribution in [0.15, 0.2) is 47.9 Å². The molecule has 1 aromatic rings. The number of carboxylic acid groups (broad SMARTS) is 1. The van der Waals surface area contributed by atoms with Gasteiger partial charge in [0.2, 0.25) is 0 Å². The maximum Gasteiger partial charge on any atom is 0.416 e. The van der Waals surface area contributed by atoms with E-state index in [2.05, 4.69) is 0 Å². The zero-order valence-corrected chi connectivity index (χ0v) is 10.8. The number of nitrogens with zero attached hydrogens (tertiary/aromatic N) is 1. The standard InChI is InChI=1S/C14H12F3NO3/c15-14(16,17)10-3-1-9(2-4-10)7-18-6-5-11(13(20)21)12(19)8-18/h1-6,19H,7-8H2,(H,20,21). The van der Waals surface area contributed by atoms with Gasteiger partial charge in [-0.05, 0) is 23.8 Å². The third-order valence-electron chi connectivity index (χ3n) is 3.01. The maximum atomic E-state index is 12.4. The van der Waals surface area contributed by atoms with E-state index in [1.54, 1.807) is 4.90 Å². The van der Waals surface area contributed by atoms with Crippen LogP contribution in [0.25, 0.3) is 0 Å². The lowest BCUT2D eigenvalue weighted by atomic mass is 10.1. The van der Waals surface area contributed by atoms with Crippen LogP contribution in [0.4, 0.5) is 13.2 Å². The van der Waals surface area contributed by atoms with Gasteiger partial charge >= 0.3 is 12.1 Å². The molecule has 1 heterocycles. The van der Waals surface area contributed by atoms with Crippen molar-refractivity contribution in [2.45, 2.75) is 12.7 Å². The normalized spacial score (nSPS) is 15.5. The van der Waals surface area contributed by atoms with Gasteiger partial charge in [-0.15, -0.1) is 0 Å². The van der Waals surface area contributed by atoms with Gasteiger partial charge in [-0.1, -0.05) is 12.1 Å². The fraction of sp³-hybridized carbons (Fsp3) is 0.214. The molecule has 0 saturated heterocycles. The predicted octanol–water partition coefficient (Wildman–Crippen LogP) is 2.93. The highest BCUT2D eigenvalue weighted by Gasteiger charge is 2.30. The monoisotopic (exact) mass is 299 g/mol. The molecule has 2 rings (SSSR count). The highest BCUT2D eigenvalue weighted by Crippen LogP contribution is 2.29.